The average Bonchev–Trinajstić information content (AvgIpc) is 1.43. The lowest BCUT2D eigenvalue weighted by Crippen LogP contribution is -2.22. The van der Waals surface area contributed by atoms with Crippen LogP contribution in [0, 0.1) is 6.92 Å². The van der Waals surface area contributed by atoms with Crippen molar-refractivity contribution in [3.63, 3.8) is 0 Å². The number of carbonyl (C=O) groups excluding carboxylic acids is 4. The minimum atomic E-state index is -0.521. The Hall–Kier alpha value is -8.13. The van der Waals surface area contributed by atoms with Crippen LogP contribution in [0.2, 0.25) is 0 Å². The molecule has 1 amide bonds. The van der Waals surface area contributed by atoms with E-state index in [-0.39, 0.29) is 94.1 Å². The summed E-state index contributed by atoms with van der Waals surface area (Å²) in [6.45, 7) is 29.0. The average molecular weight is 1200 g/mol. The molecular weight excluding hydrogens is 1110 g/mol. The van der Waals surface area contributed by atoms with Crippen LogP contribution in [0.4, 0.5) is 11.4 Å². The van der Waals surface area contributed by atoms with Gasteiger partial charge in [0, 0.05) is 54.4 Å². The lowest BCUT2D eigenvalue weighted by atomic mass is 9.80. The van der Waals surface area contributed by atoms with E-state index in [0.29, 0.717) is 28.7 Å². The van der Waals surface area contributed by atoms with E-state index >= 15 is 0 Å². The van der Waals surface area contributed by atoms with Crippen molar-refractivity contribution < 1.29 is 52.3 Å². The zero-order chi connectivity index (χ0) is 63.5. The summed E-state index contributed by atoms with van der Waals surface area (Å²) in [7, 11) is 0. The van der Waals surface area contributed by atoms with E-state index in [9.17, 15) is 19.2 Å². The van der Waals surface area contributed by atoms with Gasteiger partial charge < -0.3 is 43.8 Å². The first-order valence-electron chi connectivity index (χ1n) is 31.3. The molecule has 1 aliphatic rings. The first kappa shape index (κ1) is 65.8. The molecule has 0 fully saturated rings. The summed E-state index contributed by atoms with van der Waals surface area (Å²) < 4.78 is 43.4. The zero-order valence-electron chi connectivity index (χ0n) is 54.4. The number of esters is 3. The number of nitrogens with one attached hydrogen (secondary N) is 2. The smallest absolute Gasteiger partial charge is 0.344 e. The van der Waals surface area contributed by atoms with Gasteiger partial charge in [-0.3, -0.25) is 4.79 Å². The minimum Gasteiger partial charge on any atom is -0.483 e. The molecule has 0 saturated carbocycles. The molecule has 8 rings (SSSR count). The molecule has 1 aliphatic carbocycles. The van der Waals surface area contributed by atoms with E-state index in [1.165, 1.54) is 19.3 Å². The number of fused-ring (bicyclic) bond motifs is 10. The van der Waals surface area contributed by atoms with Crippen LogP contribution < -0.4 is 29.6 Å². The molecule has 1 heterocycles. The highest BCUT2D eigenvalue weighted by molar-refractivity contribution is 5.98. The van der Waals surface area contributed by atoms with Gasteiger partial charge in [-0.15, -0.1) is 0 Å². The Morgan fingerprint density at radius 2 is 0.784 bits per heavy atom. The number of hydrogen-bond acceptors (Lipinski definition) is 13. The number of rotatable bonds is 22. The van der Waals surface area contributed by atoms with E-state index in [0.717, 1.165) is 107 Å². The molecule has 7 aromatic rings. The summed E-state index contributed by atoms with van der Waals surface area (Å²) in [5.41, 5.74) is 12.2. The van der Waals surface area contributed by atoms with E-state index in [1.54, 1.807) is 20.8 Å². The minimum absolute atomic E-state index is 0.176. The van der Waals surface area contributed by atoms with E-state index in [2.05, 4.69) is 153 Å². The molecule has 1 aromatic heterocycles. The number of carbonyl (C=O) groups is 4. The molecule has 0 spiro atoms. The third kappa shape index (κ3) is 17.1. The second kappa shape index (κ2) is 28.8. The normalized spacial score (nSPS) is 12.5. The van der Waals surface area contributed by atoms with Gasteiger partial charge in [-0.25, -0.2) is 19.4 Å². The molecule has 14 heteroatoms. The van der Waals surface area contributed by atoms with Crippen LogP contribution in [0.5, 0.6) is 23.0 Å². The highest BCUT2D eigenvalue weighted by Crippen LogP contribution is 2.44. The van der Waals surface area contributed by atoms with Gasteiger partial charge in [0.05, 0.1) is 30.9 Å². The molecule has 468 valence electrons. The van der Waals surface area contributed by atoms with Gasteiger partial charge in [0.25, 0.3) is 5.91 Å². The van der Waals surface area contributed by atoms with Crippen molar-refractivity contribution in [1.29, 1.82) is 0 Å². The highest BCUT2D eigenvalue weighted by Gasteiger charge is 2.30. The van der Waals surface area contributed by atoms with Gasteiger partial charge in [-0.1, -0.05) is 155 Å². The fourth-order valence-corrected chi connectivity index (χ4v) is 11.2. The van der Waals surface area contributed by atoms with Crippen LogP contribution in [-0.2, 0) is 75.3 Å². The topological polar surface area (TPSA) is 170 Å². The second-order valence-corrected chi connectivity index (χ2v) is 26.1. The van der Waals surface area contributed by atoms with Gasteiger partial charge in [-0.2, -0.15) is 0 Å². The van der Waals surface area contributed by atoms with Crippen molar-refractivity contribution >= 4 is 57.0 Å². The molecule has 0 radical (unpaired) electrons. The molecule has 14 nitrogen and oxygen atoms in total. The second-order valence-electron chi connectivity index (χ2n) is 26.1. The number of pyridine rings is 1. The molecule has 0 atom stereocenters. The fourth-order valence-electron chi connectivity index (χ4n) is 11.2. The summed E-state index contributed by atoms with van der Waals surface area (Å²) in [6.07, 6.45) is 5.71. The summed E-state index contributed by atoms with van der Waals surface area (Å²) in [5.74, 6) is 0.0131. The van der Waals surface area contributed by atoms with Crippen LogP contribution in [0.25, 0.3) is 21.8 Å². The number of hydrogen-bond donors (Lipinski definition) is 2. The molecular formula is C74H91N3O11. The summed E-state index contributed by atoms with van der Waals surface area (Å²) in [6, 6.07) is 31.0. The van der Waals surface area contributed by atoms with Crippen LogP contribution in [0.1, 0.15) is 182 Å². The van der Waals surface area contributed by atoms with Crippen LogP contribution in [0.3, 0.4) is 0 Å². The van der Waals surface area contributed by atoms with E-state index in [4.69, 9.17) is 38.1 Å². The summed E-state index contributed by atoms with van der Waals surface area (Å²) in [4.78, 5) is 59.6. The number of anilines is 2. The summed E-state index contributed by atoms with van der Waals surface area (Å²) >= 11 is 0. The number of amides is 1. The van der Waals surface area contributed by atoms with Gasteiger partial charge in [0.1, 0.15) is 23.0 Å². The predicted octanol–water partition coefficient (Wildman–Crippen LogP) is 15.1. The Kier molecular flexibility index (Phi) is 21.5. The number of unbranched alkanes of at least 4 members (excludes halogenated alkanes) is 3. The van der Waals surface area contributed by atoms with Crippen molar-refractivity contribution in [2.45, 2.75) is 165 Å². The third-order valence-electron chi connectivity index (χ3n) is 15.8. The largest absolute Gasteiger partial charge is 0.483 e. The fraction of sp³-hybridized carbons (Fsp3) is 0.446. The van der Waals surface area contributed by atoms with Crippen LogP contribution >= 0.6 is 0 Å². The van der Waals surface area contributed by atoms with Crippen molar-refractivity contribution in [1.82, 2.24) is 4.98 Å². The van der Waals surface area contributed by atoms with E-state index in [1.807, 2.05) is 25.1 Å². The maximum atomic E-state index is 14.5. The van der Waals surface area contributed by atoms with Crippen molar-refractivity contribution in [3.8, 4) is 23.0 Å². The molecule has 0 unspecified atom stereocenters. The summed E-state index contributed by atoms with van der Waals surface area (Å²) in [5, 5.41) is 8.64. The Bertz CT molecular complexity index is 3680. The van der Waals surface area contributed by atoms with Gasteiger partial charge in [0.2, 0.25) is 0 Å². The Morgan fingerprint density at radius 1 is 0.432 bits per heavy atom. The third-order valence-corrected chi connectivity index (χ3v) is 15.8. The Morgan fingerprint density at radius 3 is 1.15 bits per heavy atom. The SMILES string of the molecule is CCCCCCNc1ccc2cc3ccc(NC(=O)COc4c5cc(C(C)(C)C)cc4Cc4cc(C(C)(C)C)cc(c4OCC(=O)OCC)Cc4cc(C(C)(C)C)cc(c4OCC(=O)OCC)Cc4cc(C)cc(c4OCC(=O)OCC)C5)cc3nc2c1. The lowest BCUT2D eigenvalue weighted by molar-refractivity contribution is -0.146. The first-order chi connectivity index (χ1) is 41.8. The number of aryl methyl sites for hydroxylation is 1. The van der Waals surface area contributed by atoms with Gasteiger partial charge in [0.15, 0.2) is 26.4 Å². The molecule has 6 aromatic carbocycles. The Labute approximate surface area is 520 Å². The monoisotopic (exact) mass is 1200 g/mol. The van der Waals surface area contributed by atoms with Crippen molar-refractivity contribution in [3.05, 3.63) is 158 Å². The quantitative estimate of drug-likeness (QED) is 0.0285. The van der Waals surface area contributed by atoms with E-state index < -0.39 is 17.9 Å². The molecule has 0 aliphatic heterocycles. The maximum absolute atomic E-state index is 14.5. The predicted molar refractivity (Wildman–Crippen MR) is 350 cm³/mol. The zero-order valence-corrected chi connectivity index (χ0v) is 54.4. The molecule has 0 saturated heterocycles. The number of benzene rings is 6. The van der Waals surface area contributed by atoms with Gasteiger partial charge >= 0.3 is 17.9 Å². The number of nitrogens with zero attached hydrogens (tertiary/aromatic N) is 1. The van der Waals surface area contributed by atoms with Crippen LogP contribution in [-0.4, -0.2) is 81.6 Å². The standard InChI is InChI=1S/C74H91N3O11/c1-15-19-20-21-26-75-60-24-22-47-29-48-23-25-61(41-63(48)77-62(47)40-60)76-64(78)42-85-69-51-30-49-27-46(5)28-50(68(49)86-43-65(79)82-16-2)31-52-35-58(73(9,10)11)38-55(70(52)87-44-66(80)83-17-3)33-56-39-59(74(12,13)14)37-54(71(56)88-45-67(81)84-18-4)32-53(69)36-57(34-51)72(6,7)8/h22-25,27-29,34-41,75H,15-21,26,30-33,42-45H2,1-14H3,(H,76,78). The molecule has 88 heavy (non-hydrogen) atoms. The Balaban J connectivity index is 1.32. The first-order valence-corrected chi connectivity index (χ1v) is 31.3. The maximum Gasteiger partial charge on any atom is 0.344 e. The highest BCUT2D eigenvalue weighted by atomic mass is 16.6. The van der Waals surface area contributed by atoms with Gasteiger partial charge in [-0.05, 0) is 142 Å². The van der Waals surface area contributed by atoms with Crippen molar-refractivity contribution in [2.75, 3.05) is 63.4 Å². The number of aromatic nitrogens is 1. The molecule has 8 bridgehead atoms. The number of ether oxygens (including phenoxy) is 7. The molecule has 2 N–H and O–H groups in total. The van der Waals surface area contributed by atoms with Crippen molar-refractivity contribution in [2.24, 2.45) is 0 Å². The lowest BCUT2D eigenvalue weighted by Gasteiger charge is -2.28. The van der Waals surface area contributed by atoms with Crippen LogP contribution in [0.15, 0.2) is 91.0 Å².